The highest BCUT2D eigenvalue weighted by atomic mass is 79.9. The molecule has 4 nitrogen and oxygen atoms in total. The number of halogens is 2. The standard InChI is InChI=1S/C16H16Br2O4/c1-19-11-7-5-9(17)13(15(11)21-3)14-10(18)6-8-12(20-2)16(14)22-4/h5-8H,1-4H3. The smallest absolute Gasteiger partial charge is 0.169 e. The van der Waals surface area contributed by atoms with E-state index >= 15 is 0 Å². The second-order valence-electron chi connectivity index (χ2n) is 4.32. The van der Waals surface area contributed by atoms with Crippen molar-refractivity contribution in [1.82, 2.24) is 0 Å². The molecule has 22 heavy (non-hydrogen) atoms. The molecular weight excluding hydrogens is 416 g/mol. The fraction of sp³-hybridized carbons (Fsp3) is 0.250. The maximum Gasteiger partial charge on any atom is 0.169 e. The van der Waals surface area contributed by atoms with Crippen molar-refractivity contribution in [3.8, 4) is 34.1 Å². The zero-order valence-corrected chi connectivity index (χ0v) is 15.9. The van der Waals surface area contributed by atoms with Gasteiger partial charge in [0, 0.05) is 20.1 Å². The minimum atomic E-state index is 0.615. The molecule has 0 aromatic heterocycles. The molecule has 0 aliphatic rings. The van der Waals surface area contributed by atoms with Gasteiger partial charge in [0.1, 0.15) is 0 Å². The Kier molecular flexibility index (Phi) is 5.58. The van der Waals surface area contributed by atoms with Crippen LogP contribution in [0.3, 0.4) is 0 Å². The number of hydrogen-bond donors (Lipinski definition) is 0. The van der Waals surface area contributed by atoms with E-state index in [1.165, 1.54) is 0 Å². The molecule has 2 aromatic carbocycles. The highest BCUT2D eigenvalue weighted by Gasteiger charge is 2.23. The van der Waals surface area contributed by atoms with Crippen LogP contribution < -0.4 is 18.9 Å². The number of rotatable bonds is 5. The van der Waals surface area contributed by atoms with E-state index in [0.29, 0.717) is 23.0 Å². The molecule has 0 saturated heterocycles. The molecule has 0 aliphatic carbocycles. The number of hydrogen-bond acceptors (Lipinski definition) is 4. The summed E-state index contributed by atoms with van der Waals surface area (Å²) in [6.07, 6.45) is 0. The van der Waals surface area contributed by atoms with E-state index < -0.39 is 0 Å². The molecule has 0 aliphatic heterocycles. The van der Waals surface area contributed by atoms with Crippen molar-refractivity contribution in [3.63, 3.8) is 0 Å². The summed E-state index contributed by atoms with van der Waals surface area (Å²) >= 11 is 7.16. The summed E-state index contributed by atoms with van der Waals surface area (Å²) in [7, 11) is 6.42. The van der Waals surface area contributed by atoms with Crippen LogP contribution in [0, 0.1) is 0 Å². The molecule has 0 heterocycles. The van der Waals surface area contributed by atoms with Crippen molar-refractivity contribution >= 4 is 31.9 Å². The van der Waals surface area contributed by atoms with Gasteiger partial charge < -0.3 is 18.9 Å². The average molecular weight is 432 g/mol. The summed E-state index contributed by atoms with van der Waals surface area (Å²) in [5.74, 6) is 2.50. The van der Waals surface area contributed by atoms with Crippen molar-refractivity contribution < 1.29 is 18.9 Å². The van der Waals surface area contributed by atoms with Crippen LogP contribution in [0.25, 0.3) is 11.1 Å². The third-order valence-electron chi connectivity index (χ3n) is 3.24. The van der Waals surface area contributed by atoms with Gasteiger partial charge in [-0.1, -0.05) is 31.9 Å². The lowest BCUT2D eigenvalue weighted by molar-refractivity contribution is 0.351. The molecule has 0 radical (unpaired) electrons. The van der Waals surface area contributed by atoms with E-state index in [9.17, 15) is 0 Å². The first kappa shape index (κ1) is 17.0. The van der Waals surface area contributed by atoms with E-state index in [-0.39, 0.29) is 0 Å². The SMILES string of the molecule is COc1ccc(Br)c(-c2c(Br)ccc(OC)c2OC)c1OC. The molecule has 0 amide bonds. The average Bonchev–Trinajstić information content (AvgIpc) is 2.54. The van der Waals surface area contributed by atoms with Crippen LogP contribution in [0.2, 0.25) is 0 Å². The highest BCUT2D eigenvalue weighted by molar-refractivity contribution is 9.11. The molecule has 6 heteroatoms. The predicted molar refractivity (Wildman–Crippen MR) is 93.5 cm³/mol. The van der Waals surface area contributed by atoms with Crippen LogP contribution in [0.15, 0.2) is 33.2 Å². The molecular formula is C16H16Br2O4. The lowest BCUT2D eigenvalue weighted by Crippen LogP contribution is -1.98. The maximum absolute atomic E-state index is 5.56. The first-order chi connectivity index (χ1) is 10.6. The first-order valence-electron chi connectivity index (χ1n) is 6.40. The zero-order chi connectivity index (χ0) is 16.3. The van der Waals surface area contributed by atoms with Crippen molar-refractivity contribution in [2.75, 3.05) is 28.4 Å². The van der Waals surface area contributed by atoms with Crippen LogP contribution in [-0.4, -0.2) is 28.4 Å². The summed E-state index contributed by atoms with van der Waals surface area (Å²) in [4.78, 5) is 0. The van der Waals surface area contributed by atoms with Crippen LogP contribution >= 0.6 is 31.9 Å². The van der Waals surface area contributed by atoms with Gasteiger partial charge in [0.2, 0.25) is 0 Å². The van der Waals surface area contributed by atoms with Gasteiger partial charge in [0.25, 0.3) is 0 Å². The Bertz CT molecular complexity index is 627. The molecule has 2 rings (SSSR count). The molecule has 0 saturated carbocycles. The van der Waals surface area contributed by atoms with E-state index in [0.717, 1.165) is 20.1 Å². The van der Waals surface area contributed by atoms with Gasteiger partial charge in [-0.3, -0.25) is 0 Å². The predicted octanol–water partition coefficient (Wildman–Crippen LogP) is 4.91. The lowest BCUT2D eigenvalue weighted by atomic mass is 10.0. The molecule has 0 N–H and O–H groups in total. The Morgan fingerprint density at radius 3 is 1.23 bits per heavy atom. The summed E-state index contributed by atoms with van der Waals surface area (Å²) in [5, 5.41) is 0. The number of benzene rings is 2. The molecule has 0 unspecified atom stereocenters. The Hall–Kier alpha value is -1.40. The first-order valence-corrected chi connectivity index (χ1v) is 7.98. The minimum Gasteiger partial charge on any atom is -0.493 e. The summed E-state index contributed by atoms with van der Waals surface area (Å²) in [6.45, 7) is 0. The van der Waals surface area contributed by atoms with Gasteiger partial charge in [-0.25, -0.2) is 0 Å². The van der Waals surface area contributed by atoms with Crippen LogP contribution in [0.5, 0.6) is 23.0 Å². The van der Waals surface area contributed by atoms with E-state index in [4.69, 9.17) is 18.9 Å². The third kappa shape index (κ3) is 2.90. The van der Waals surface area contributed by atoms with Gasteiger partial charge in [0.15, 0.2) is 23.0 Å². The van der Waals surface area contributed by atoms with Gasteiger partial charge in [-0.2, -0.15) is 0 Å². The molecule has 2 aromatic rings. The molecule has 0 spiro atoms. The maximum atomic E-state index is 5.56. The van der Waals surface area contributed by atoms with Crippen molar-refractivity contribution in [2.24, 2.45) is 0 Å². The van der Waals surface area contributed by atoms with Crippen LogP contribution in [0.4, 0.5) is 0 Å². The fourth-order valence-corrected chi connectivity index (χ4v) is 3.29. The van der Waals surface area contributed by atoms with Gasteiger partial charge in [-0.15, -0.1) is 0 Å². The van der Waals surface area contributed by atoms with Crippen molar-refractivity contribution in [1.29, 1.82) is 0 Å². The van der Waals surface area contributed by atoms with E-state index in [2.05, 4.69) is 31.9 Å². The normalized spacial score (nSPS) is 10.3. The van der Waals surface area contributed by atoms with Crippen molar-refractivity contribution in [3.05, 3.63) is 33.2 Å². The van der Waals surface area contributed by atoms with E-state index in [1.807, 2.05) is 24.3 Å². The zero-order valence-electron chi connectivity index (χ0n) is 12.7. The van der Waals surface area contributed by atoms with Gasteiger partial charge in [-0.05, 0) is 24.3 Å². The number of methoxy groups -OCH3 is 4. The summed E-state index contributed by atoms with van der Waals surface area (Å²) < 4.78 is 23.6. The number of ether oxygens (including phenoxy) is 4. The molecule has 0 fully saturated rings. The monoisotopic (exact) mass is 430 g/mol. The van der Waals surface area contributed by atoms with Crippen LogP contribution in [-0.2, 0) is 0 Å². The van der Waals surface area contributed by atoms with Gasteiger partial charge >= 0.3 is 0 Å². The molecule has 118 valence electrons. The molecule has 0 bridgehead atoms. The quantitative estimate of drug-likeness (QED) is 0.673. The Balaban J connectivity index is 2.87. The van der Waals surface area contributed by atoms with E-state index in [1.54, 1.807) is 28.4 Å². The minimum absolute atomic E-state index is 0.615. The summed E-state index contributed by atoms with van der Waals surface area (Å²) in [6, 6.07) is 7.49. The Morgan fingerprint density at radius 2 is 0.955 bits per heavy atom. The summed E-state index contributed by atoms with van der Waals surface area (Å²) in [5.41, 5.74) is 1.65. The Labute approximate surface area is 146 Å². The largest absolute Gasteiger partial charge is 0.493 e. The fourth-order valence-electron chi connectivity index (χ4n) is 2.27. The highest BCUT2D eigenvalue weighted by Crippen LogP contribution is 2.51. The lowest BCUT2D eigenvalue weighted by Gasteiger charge is -2.19. The second-order valence-corrected chi connectivity index (χ2v) is 6.02. The van der Waals surface area contributed by atoms with Crippen molar-refractivity contribution in [2.45, 2.75) is 0 Å². The Morgan fingerprint density at radius 1 is 0.591 bits per heavy atom. The van der Waals surface area contributed by atoms with Gasteiger partial charge in [0.05, 0.1) is 28.4 Å². The third-order valence-corrected chi connectivity index (χ3v) is 4.56. The molecule has 0 atom stereocenters. The topological polar surface area (TPSA) is 36.9 Å². The second kappa shape index (κ2) is 7.24. The van der Waals surface area contributed by atoms with Crippen LogP contribution in [0.1, 0.15) is 0 Å².